The van der Waals surface area contributed by atoms with E-state index in [-0.39, 0.29) is 6.04 Å². The minimum atomic E-state index is -0.296. The lowest BCUT2D eigenvalue weighted by Crippen LogP contribution is -2.15. The molecule has 2 N–H and O–H groups in total. The largest absolute Gasteiger partial charge is 0.388 e. The Hall–Kier alpha value is -0.410. The second-order valence-electron chi connectivity index (χ2n) is 1.40. The molecule has 0 radical (unpaired) electrons. The predicted octanol–water partition coefficient (Wildman–Crippen LogP) is 0.821. The van der Waals surface area contributed by atoms with E-state index in [2.05, 4.69) is 4.74 Å². The van der Waals surface area contributed by atoms with Crippen LogP contribution in [-0.2, 0) is 9.53 Å². The third kappa shape index (κ3) is 130. The van der Waals surface area contributed by atoms with E-state index in [1.807, 2.05) is 13.8 Å². The molecule has 0 aliphatic rings. The third-order valence-corrected chi connectivity index (χ3v) is 0.215. The van der Waals surface area contributed by atoms with Crippen molar-refractivity contribution in [2.24, 2.45) is 5.73 Å². The highest BCUT2D eigenvalue weighted by Crippen LogP contribution is 1.55. The summed E-state index contributed by atoms with van der Waals surface area (Å²) in [5, 5.41) is 0. The molecule has 0 amide bonds. The molecule has 0 fully saturated rings. The van der Waals surface area contributed by atoms with Gasteiger partial charge < -0.3 is 15.3 Å². The number of ether oxygens (including phenoxy) is 1. The van der Waals surface area contributed by atoms with Crippen LogP contribution in [0.1, 0.15) is 20.8 Å². The molecule has 0 saturated carbocycles. The SMILES string of the molecule is CC.CC(N)C=O.COC. The standard InChI is InChI=1S/C3H7NO.C2H6O.C2H6/c1-3(4)2-5;1-3-2;1-2/h2-3H,4H2,1H3;1-2H3;1-2H3. The molecule has 0 spiro atoms. The van der Waals surface area contributed by atoms with E-state index in [0.717, 1.165) is 0 Å². The lowest BCUT2D eigenvalue weighted by molar-refractivity contribution is -0.108. The van der Waals surface area contributed by atoms with Gasteiger partial charge in [-0.1, -0.05) is 13.8 Å². The molecular weight excluding hydrogens is 130 g/mol. The summed E-state index contributed by atoms with van der Waals surface area (Å²) in [6.45, 7) is 5.63. The summed E-state index contributed by atoms with van der Waals surface area (Å²) in [5.74, 6) is 0. The fraction of sp³-hybridized carbons (Fsp3) is 0.857. The number of carbonyl (C=O) groups excluding carboxylic acids is 1. The van der Waals surface area contributed by atoms with Crippen LogP contribution >= 0.6 is 0 Å². The third-order valence-electron chi connectivity index (χ3n) is 0.215. The first-order chi connectivity index (χ1) is 4.68. The monoisotopic (exact) mass is 149 g/mol. The highest BCUT2D eigenvalue weighted by molar-refractivity contribution is 5.55. The van der Waals surface area contributed by atoms with Crippen LogP contribution < -0.4 is 5.73 Å². The van der Waals surface area contributed by atoms with E-state index < -0.39 is 0 Å². The lowest BCUT2D eigenvalue weighted by atomic mass is 10.4. The molecule has 0 heterocycles. The van der Waals surface area contributed by atoms with Crippen LogP contribution in [0.5, 0.6) is 0 Å². The normalized spacial score (nSPS) is 9.40. The van der Waals surface area contributed by atoms with Crippen LogP contribution in [0.3, 0.4) is 0 Å². The molecule has 0 aromatic heterocycles. The van der Waals surface area contributed by atoms with Crippen LogP contribution in [0.15, 0.2) is 0 Å². The zero-order chi connectivity index (χ0) is 8.99. The Balaban J connectivity index is -0.0000000847. The maximum atomic E-state index is 9.38. The van der Waals surface area contributed by atoms with Gasteiger partial charge in [0.2, 0.25) is 0 Å². The summed E-state index contributed by atoms with van der Waals surface area (Å²) >= 11 is 0. The van der Waals surface area contributed by atoms with E-state index in [9.17, 15) is 4.79 Å². The number of aldehydes is 1. The van der Waals surface area contributed by atoms with Crippen LogP contribution in [0.25, 0.3) is 0 Å². The van der Waals surface area contributed by atoms with Crippen molar-refractivity contribution >= 4 is 6.29 Å². The van der Waals surface area contributed by atoms with Crippen molar-refractivity contribution in [3.63, 3.8) is 0 Å². The van der Waals surface area contributed by atoms with Crippen LogP contribution in [-0.4, -0.2) is 26.5 Å². The summed E-state index contributed by atoms with van der Waals surface area (Å²) in [7, 11) is 3.25. The number of carbonyl (C=O) groups is 1. The number of rotatable bonds is 1. The smallest absolute Gasteiger partial charge is 0.136 e. The highest BCUT2D eigenvalue weighted by Gasteiger charge is 1.79. The molecule has 64 valence electrons. The van der Waals surface area contributed by atoms with Gasteiger partial charge in [0.1, 0.15) is 6.29 Å². The van der Waals surface area contributed by atoms with Gasteiger partial charge in [-0.25, -0.2) is 0 Å². The summed E-state index contributed by atoms with van der Waals surface area (Å²) in [5.41, 5.74) is 4.92. The molecule has 3 heteroatoms. The van der Waals surface area contributed by atoms with E-state index >= 15 is 0 Å². The van der Waals surface area contributed by atoms with Gasteiger partial charge in [-0.15, -0.1) is 0 Å². The first-order valence-corrected chi connectivity index (χ1v) is 3.30. The maximum Gasteiger partial charge on any atom is 0.136 e. The van der Waals surface area contributed by atoms with E-state index in [4.69, 9.17) is 5.73 Å². The summed E-state index contributed by atoms with van der Waals surface area (Å²) < 4.78 is 4.25. The molecule has 0 aliphatic carbocycles. The van der Waals surface area contributed by atoms with E-state index in [1.54, 1.807) is 21.1 Å². The van der Waals surface area contributed by atoms with Crippen molar-refractivity contribution in [3.8, 4) is 0 Å². The minimum Gasteiger partial charge on any atom is -0.388 e. The van der Waals surface area contributed by atoms with Gasteiger partial charge >= 0.3 is 0 Å². The molecule has 0 saturated heterocycles. The molecule has 3 nitrogen and oxygen atoms in total. The Bertz CT molecular complexity index is 46.9. The van der Waals surface area contributed by atoms with Crippen LogP contribution in [0, 0.1) is 0 Å². The van der Waals surface area contributed by atoms with Crippen molar-refractivity contribution in [3.05, 3.63) is 0 Å². The topological polar surface area (TPSA) is 52.3 Å². The van der Waals surface area contributed by atoms with E-state index in [0.29, 0.717) is 6.29 Å². The van der Waals surface area contributed by atoms with Gasteiger partial charge in [0.05, 0.1) is 6.04 Å². The van der Waals surface area contributed by atoms with Gasteiger partial charge in [-0.3, -0.25) is 0 Å². The molecule has 0 aromatic carbocycles. The lowest BCUT2D eigenvalue weighted by Gasteiger charge is -1.80. The van der Waals surface area contributed by atoms with Crippen molar-refractivity contribution in [1.82, 2.24) is 0 Å². The summed E-state index contributed by atoms with van der Waals surface area (Å²) in [4.78, 5) is 9.38. The summed E-state index contributed by atoms with van der Waals surface area (Å²) in [6, 6.07) is -0.296. The van der Waals surface area contributed by atoms with Gasteiger partial charge in [0, 0.05) is 14.2 Å². The van der Waals surface area contributed by atoms with Crippen molar-refractivity contribution in [2.45, 2.75) is 26.8 Å². The molecule has 0 aliphatic heterocycles. The molecule has 0 rings (SSSR count). The fourth-order valence-electron chi connectivity index (χ4n) is 0. The van der Waals surface area contributed by atoms with Crippen molar-refractivity contribution in [2.75, 3.05) is 14.2 Å². The molecule has 0 bridgehead atoms. The van der Waals surface area contributed by atoms with Gasteiger partial charge in [-0.2, -0.15) is 0 Å². The molecular formula is C7H19NO2. The van der Waals surface area contributed by atoms with Crippen LogP contribution in [0.4, 0.5) is 0 Å². The Labute approximate surface area is 63.6 Å². The number of nitrogens with two attached hydrogens (primary N) is 1. The molecule has 1 atom stereocenters. The van der Waals surface area contributed by atoms with Crippen molar-refractivity contribution < 1.29 is 9.53 Å². The number of hydrogen-bond donors (Lipinski definition) is 1. The van der Waals surface area contributed by atoms with E-state index in [1.165, 1.54) is 0 Å². The quantitative estimate of drug-likeness (QED) is 0.562. The Kier molecular flexibility index (Phi) is 38.3. The average molecular weight is 149 g/mol. The predicted molar refractivity (Wildman–Crippen MR) is 44.0 cm³/mol. The first-order valence-electron chi connectivity index (χ1n) is 3.30. The van der Waals surface area contributed by atoms with Gasteiger partial charge in [-0.05, 0) is 6.92 Å². The van der Waals surface area contributed by atoms with Crippen molar-refractivity contribution in [1.29, 1.82) is 0 Å². The Morgan fingerprint density at radius 3 is 1.50 bits per heavy atom. The molecule has 1 unspecified atom stereocenters. The molecule has 10 heavy (non-hydrogen) atoms. The van der Waals surface area contributed by atoms with Gasteiger partial charge in [0.25, 0.3) is 0 Å². The fourth-order valence-corrected chi connectivity index (χ4v) is 0. The minimum absolute atomic E-state index is 0.296. The average Bonchev–Trinajstić information content (AvgIpc) is 1.94. The maximum absolute atomic E-state index is 9.38. The first kappa shape index (κ1) is 16.3. The second kappa shape index (κ2) is 23.5. The zero-order valence-corrected chi connectivity index (χ0v) is 7.55. The second-order valence-corrected chi connectivity index (χ2v) is 1.40. The van der Waals surface area contributed by atoms with Crippen LogP contribution in [0.2, 0.25) is 0 Å². The highest BCUT2D eigenvalue weighted by atomic mass is 16.4. The number of methoxy groups -OCH3 is 1. The zero-order valence-electron chi connectivity index (χ0n) is 7.55. The Morgan fingerprint density at radius 1 is 1.40 bits per heavy atom. The number of hydrogen-bond acceptors (Lipinski definition) is 3. The Morgan fingerprint density at radius 2 is 1.50 bits per heavy atom. The molecule has 0 aromatic rings. The van der Waals surface area contributed by atoms with Gasteiger partial charge in [0.15, 0.2) is 0 Å². The summed E-state index contributed by atoms with van der Waals surface area (Å²) in [6.07, 6.45) is 0.694.